The van der Waals surface area contributed by atoms with E-state index in [4.69, 9.17) is 14.6 Å². The maximum atomic E-state index is 12.1. The average molecular weight is 603 g/mol. The molecule has 0 bridgehead atoms. The molecule has 232 valence electrons. The molecule has 15 heteroatoms. The van der Waals surface area contributed by atoms with Crippen LogP contribution in [0.4, 0.5) is 0 Å². The summed E-state index contributed by atoms with van der Waals surface area (Å²) in [6, 6.07) is 8.86. The van der Waals surface area contributed by atoms with Gasteiger partial charge in [-0.1, -0.05) is 36.8 Å². The number of aliphatic hydroxyl groups excluding tert-OH is 3. The van der Waals surface area contributed by atoms with Crippen LogP contribution in [0.5, 0.6) is 0 Å². The third-order valence-electron chi connectivity index (χ3n) is 6.27. The van der Waals surface area contributed by atoms with Crippen LogP contribution in [0.25, 0.3) is 0 Å². The summed E-state index contributed by atoms with van der Waals surface area (Å²) in [5, 5.41) is 31.3. The third kappa shape index (κ3) is 14.3. The lowest BCUT2D eigenvalue weighted by atomic mass is 10.0. The van der Waals surface area contributed by atoms with E-state index in [1.807, 2.05) is 30.3 Å². The molecular weight excluding hydrogens is 560 g/mol. The Kier molecular flexibility index (Phi) is 15.9. The van der Waals surface area contributed by atoms with Crippen molar-refractivity contribution in [2.24, 2.45) is 0 Å². The minimum atomic E-state index is -3.67. The number of unbranched alkanes of at least 4 members (excludes halogenated alkanes) is 2. The van der Waals surface area contributed by atoms with E-state index in [1.54, 1.807) is 0 Å². The fraction of sp³-hybridized carbons (Fsp3) is 0.654. The Morgan fingerprint density at radius 1 is 1.07 bits per heavy atom. The molecule has 1 aliphatic heterocycles. The van der Waals surface area contributed by atoms with Crippen LogP contribution < -0.4 is 20.9 Å². The summed E-state index contributed by atoms with van der Waals surface area (Å²) in [6.07, 6.45) is -1.35. The Balaban J connectivity index is 1.50. The molecule has 1 aliphatic rings. The lowest BCUT2D eigenvalue weighted by Gasteiger charge is -2.36. The van der Waals surface area contributed by atoms with Crippen molar-refractivity contribution < 1.29 is 47.6 Å². The molecule has 2 rings (SSSR count). The van der Waals surface area contributed by atoms with Crippen molar-refractivity contribution in [3.05, 3.63) is 35.9 Å². The van der Waals surface area contributed by atoms with Gasteiger partial charge in [0.15, 0.2) is 6.29 Å². The fourth-order valence-electron chi connectivity index (χ4n) is 3.98. The highest BCUT2D eigenvalue weighted by atomic mass is 32.2. The first-order chi connectivity index (χ1) is 19.6. The summed E-state index contributed by atoms with van der Waals surface area (Å²) < 4.78 is 37.3. The molecule has 1 aromatic carbocycles. The van der Waals surface area contributed by atoms with Crippen LogP contribution in [0.3, 0.4) is 0 Å². The number of sulfonamides is 1. The second kappa shape index (κ2) is 18.8. The van der Waals surface area contributed by atoms with Crippen molar-refractivity contribution >= 4 is 28.1 Å². The number of aldehydes is 1. The second-order valence-electron chi connectivity index (χ2n) is 9.72. The molecule has 2 amide bonds. The second-order valence-corrected chi connectivity index (χ2v) is 11.6. The Hall–Kier alpha value is -2.50. The number of benzene rings is 1. The van der Waals surface area contributed by atoms with Crippen molar-refractivity contribution in [1.29, 1.82) is 0 Å². The van der Waals surface area contributed by atoms with Gasteiger partial charge in [-0.25, -0.2) is 18.6 Å². The van der Waals surface area contributed by atoms with E-state index in [9.17, 15) is 33.0 Å². The van der Waals surface area contributed by atoms with Gasteiger partial charge in [0, 0.05) is 32.4 Å². The number of carbonyl (C=O) groups is 3. The number of carbonyl (C=O) groups excluding carboxylic acids is 3. The van der Waals surface area contributed by atoms with E-state index in [0.717, 1.165) is 11.8 Å². The molecule has 1 heterocycles. The monoisotopic (exact) mass is 602 g/mol. The molecule has 0 saturated carbocycles. The van der Waals surface area contributed by atoms with Crippen LogP contribution >= 0.6 is 0 Å². The number of nitrogens with one attached hydrogen (secondary N) is 4. The number of hydrogen-bond donors (Lipinski definition) is 7. The lowest BCUT2D eigenvalue weighted by molar-refractivity contribution is -0.270. The molecular formula is C26H42N4O10S. The molecule has 1 aromatic rings. The van der Waals surface area contributed by atoms with Crippen LogP contribution in [0.2, 0.25) is 0 Å². The smallest absolute Gasteiger partial charge is 0.234 e. The van der Waals surface area contributed by atoms with Crippen LogP contribution in [0.1, 0.15) is 44.1 Å². The summed E-state index contributed by atoms with van der Waals surface area (Å²) in [6.45, 7) is -0.183. The molecule has 1 fully saturated rings. The molecule has 14 nitrogen and oxygen atoms in total. The molecule has 7 N–H and O–H groups in total. The lowest BCUT2D eigenvalue weighted by Crippen LogP contribution is -2.50. The van der Waals surface area contributed by atoms with Gasteiger partial charge in [0.1, 0.15) is 12.4 Å². The van der Waals surface area contributed by atoms with Crippen LogP contribution in [0.15, 0.2) is 30.3 Å². The summed E-state index contributed by atoms with van der Waals surface area (Å²) in [7, 11) is -3.67. The van der Waals surface area contributed by atoms with Crippen molar-refractivity contribution in [1.82, 2.24) is 20.9 Å². The van der Waals surface area contributed by atoms with E-state index < -0.39 is 52.3 Å². The zero-order valence-corrected chi connectivity index (χ0v) is 23.8. The average Bonchev–Trinajstić information content (AvgIpc) is 2.96. The molecule has 41 heavy (non-hydrogen) atoms. The van der Waals surface area contributed by atoms with Crippen LogP contribution in [0, 0.1) is 0 Å². The first-order valence-corrected chi connectivity index (χ1v) is 15.3. The predicted molar refractivity (Wildman–Crippen MR) is 147 cm³/mol. The van der Waals surface area contributed by atoms with E-state index in [0.29, 0.717) is 25.7 Å². The number of ether oxygens (including phenoxy) is 2. The number of hydrazine groups is 1. The van der Waals surface area contributed by atoms with Gasteiger partial charge >= 0.3 is 0 Å². The highest BCUT2D eigenvalue weighted by molar-refractivity contribution is 7.89. The summed E-state index contributed by atoms with van der Waals surface area (Å²) in [5.41, 5.74) is 6.21. The Morgan fingerprint density at radius 3 is 2.54 bits per heavy atom. The van der Waals surface area contributed by atoms with Crippen LogP contribution in [-0.2, 0) is 40.3 Å². The zero-order valence-electron chi connectivity index (χ0n) is 22.9. The Labute approximate surface area is 240 Å². The molecule has 1 saturated heterocycles. The number of aliphatic hydroxyl groups is 3. The van der Waals surface area contributed by atoms with Gasteiger partial charge < -0.3 is 34.9 Å². The third-order valence-corrected chi connectivity index (χ3v) is 7.66. The standard InChI is InChI=1S/C26H42N4O10S/c31-17-20(15-19-7-3-1-4-8-19)29-30-24(35)9-5-2-6-11-28-41(37,38)14-10-23(34)27-12-13-39-26-25(36)22(33)16-21(18-32)40-26/h1,3-4,7-8,17,20-22,25-26,28-29,32-33,36H,2,5-6,9-16,18H2,(H,27,34)(H,30,35)/t20-,21-,22-,25-,26+/m0/s1. The van der Waals surface area contributed by atoms with Gasteiger partial charge in [0.25, 0.3) is 0 Å². The Bertz CT molecular complexity index is 1030. The number of rotatable bonds is 20. The summed E-state index contributed by atoms with van der Waals surface area (Å²) in [4.78, 5) is 35.2. The fourth-order valence-corrected chi connectivity index (χ4v) is 5.03. The Morgan fingerprint density at radius 2 is 1.83 bits per heavy atom. The molecule has 0 unspecified atom stereocenters. The number of amides is 2. The minimum Gasteiger partial charge on any atom is -0.394 e. The summed E-state index contributed by atoms with van der Waals surface area (Å²) in [5.74, 6) is -1.17. The van der Waals surface area contributed by atoms with Crippen molar-refractivity contribution in [2.45, 2.75) is 75.6 Å². The quantitative estimate of drug-likeness (QED) is 0.0505. The van der Waals surface area contributed by atoms with Gasteiger partial charge in [-0.3, -0.25) is 15.0 Å². The predicted octanol–water partition coefficient (Wildman–Crippen LogP) is -1.75. The molecule has 5 atom stereocenters. The normalized spacial score (nSPS) is 21.6. The molecule has 0 aliphatic carbocycles. The van der Waals surface area contributed by atoms with Gasteiger partial charge in [-0.2, -0.15) is 0 Å². The van der Waals surface area contributed by atoms with Crippen molar-refractivity contribution in [2.75, 3.05) is 32.1 Å². The van der Waals surface area contributed by atoms with Gasteiger partial charge in [0.05, 0.1) is 37.2 Å². The SMILES string of the molecule is O=C[C@H](Cc1ccccc1)NNC(=O)CCCCCNS(=O)(=O)CCC(=O)NCCO[C@@H]1O[C@H](CO)C[C@H](O)[C@@H]1O. The first-order valence-electron chi connectivity index (χ1n) is 13.6. The number of hydrogen-bond acceptors (Lipinski definition) is 11. The molecule has 0 radical (unpaired) electrons. The largest absolute Gasteiger partial charge is 0.394 e. The van der Waals surface area contributed by atoms with E-state index in [2.05, 4.69) is 20.9 Å². The van der Waals surface area contributed by atoms with E-state index >= 15 is 0 Å². The first kappa shape index (κ1) is 34.7. The highest BCUT2D eigenvalue weighted by Gasteiger charge is 2.37. The molecule has 0 spiro atoms. The minimum absolute atomic E-state index is 0.0324. The van der Waals surface area contributed by atoms with Crippen LogP contribution in [-0.4, -0.2) is 105 Å². The van der Waals surface area contributed by atoms with Crippen molar-refractivity contribution in [3.63, 3.8) is 0 Å². The van der Waals surface area contributed by atoms with Gasteiger partial charge in [-0.15, -0.1) is 0 Å². The van der Waals surface area contributed by atoms with Crippen molar-refractivity contribution in [3.8, 4) is 0 Å². The van der Waals surface area contributed by atoms with E-state index in [1.165, 1.54) is 0 Å². The van der Waals surface area contributed by atoms with Gasteiger partial charge in [0.2, 0.25) is 21.8 Å². The summed E-state index contributed by atoms with van der Waals surface area (Å²) >= 11 is 0. The maximum Gasteiger partial charge on any atom is 0.234 e. The topological polar surface area (TPSA) is 213 Å². The maximum absolute atomic E-state index is 12.1. The highest BCUT2D eigenvalue weighted by Crippen LogP contribution is 2.20. The zero-order chi connectivity index (χ0) is 30.1. The van der Waals surface area contributed by atoms with E-state index in [-0.39, 0.29) is 51.5 Å². The molecule has 0 aromatic heterocycles. The van der Waals surface area contributed by atoms with Gasteiger partial charge in [-0.05, 0) is 24.8 Å².